The highest BCUT2D eigenvalue weighted by molar-refractivity contribution is 9.09. The normalized spacial score (nSPS) is 29.9. The summed E-state index contributed by atoms with van der Waals surface area (Å²) in [6.45, 7) is 4.40. The van der Waals surface area contributed by atoms with E-state index in [4.69, 9.17) is 11.6 Å². The molecule has 0 spiro atoms. The molecule has 2 rings (SSSR count). The molecule has 1 aliphatic carbocycles. The minimum Gasteiger partial charge on any atom is -0.257 e. The second kappa shape index (κ2) is 4.34. The first-order valence-corrected chi connectivity index (χ1v) is 7.03. The largest absolute Gasteiger partial charge is 0.257 e. The first-order chi connectivity index (χ1) is 7.41. The van der Waals surface area contributed by atoms with Crippen LogP contribution in [0, 0.1) is 12.3 Å². The second-order valence-electron chi connectivity index (χ2n) is 5.31. The molecule has 1 saturated carbocycles. The van der Waals surface area contributed by atoms with Crippen molar-refractivity contribution in [2.75, 3.05) is 0 Å². The monoisotopic (exact) mass is 304 g/mol. The van der Waals surface area contributed by atoms with Crippen LogP contribution in [0.5, 0.6) is 0 Å². The Morgan fingerprint density at radius 3 is 2.75 bits per heavy atom. The van der Waals surface area contributed by atoms with Crippen molar-refractivity contribution < 1.29 is 0 Å². The molecule has 1 fully saturated rings. The Kier molecular flexibility index (Phi) is 3.37. The number of aryl methyl sites for hydroxylation is 2. The number of rotatable bonds is 2. The predicted molar refractivity (Wildman–Crippen MR) is 71.3 cm³/mol. The van der Waals surface area contributed by atoms with E-state index < -0.39 is 0 Å². The summed E-state index contributed by atoms with van der Waals surface area (Å²) in [5, 5.41) is 5.18. The highest BCUT2D eigenvalue weighted by Gasteiger charge is 2.35. The minimum atomic E-state index is 0.381. The first-order valence-electron chi connectivity index (χ1n) is 5.73. The maximum atomic E-state index is 6.28. The fourth-order valence-electron chi connectivity index (χ4n) is 2.71. The zero-order valence-electron chi connectivity index (χ0n) is 10.1. The summed E-state index contributed by atoms with van der Waals surface area (Å²) in [7, 11) is 1.91. The number of alkyl halides is 1. The molecule has 2 unspecified atom stereocenters. The van der Waals surface area contributed by atoms with Crippen LogP contribution in [-0.2, 0) is 13.5 Å². The fourth-order valence-corrected chi connectivity index (χ4v) is 3.96. The van der Waals surface area contributed by atoms with E-state index in [2.05, 4.69) is 28.0 Å². The molecule has 2 atom stereocenters. The molecule has 1 aromatic heterocycles. The quantitative estimate of drug-likeness (QED) is 0.758. The van der Waals surface area contributed by atoms with Gasteiger partial charge in [-0.2, -0.15) is 5.10 Å². The van der Waals surface area contributed by atoms with E-state index in [9.17, 15) is 0 Å². The third kappa shape index (κ3) is 2.30. The lowest BCUT2D eigenvalue weighted by Crippen LogP contribution is -2.16. The lowest BCUT2D eigenvalue weighted by molar-refractivity contribution is 0.335. The van der Waals surface area contributed by atoms with Crippen molar-refractivity contribution in [2.45, 2.75) is 44.4 Å². The minimum absolute atomic E-state index is 0.381. The number of halogens is 2. The molecule has 0 bridgehead atoms. The highest BCUT2D eigenvalue weighted by Crippen LogP contribution is 2.44. The Balaban J connectivity index is 2.21. The van der Waals surface area contributed by atoms with Crippen molar-refractivity contribution in [3.05, 3.63) is 16.4 Å². The zero-order valence-corrected chi connectivity index (χ0v) is 12.4. The van der Waals surface area contributed by atoms with Crippen molar-refractivity contribution in [3.63, 3.8) is 0 Å². The zero-order chi connectivity index (χ0) is 11.9. The van der Waals surface area contributed by atoms with Gasteiger partial charge in [0.05, 0.1) is 5.69 Å². The van der Waals surface area contributed by atoms with E-state index in [1.165, 1.54) is 24.8 Å². The van der Waals surface area contributed by atoms with Crippen LogP contribution in [0.1, 0.15) is 37.4 Å². The van der Waals surface area contributed by atoms with Gasteiger partial charge >= 0.3 is 0 Å². The Hall–Kier alpha value is -0.0200. The van der Waals surface area contributed by atoms with Crippen molar-refractivity contribution in [1.82, 2.24) is 9.78 Å². The summed E-state index contributed by atoms with van der Waals surface area (Å²) in [6.07, 6.45) is 4.83. The number of hydrogen-bond acceptors (Lipinski definition) is 1. The maximum Gasteiger partial charge on any atom is 0.130 e. The Bertz CT molecular complexity index is 402. The predicted octanol–water partition coefficient (Wildman–Crippen LogP) is 3.88. The SMILES string of the molecule is Cc1nn(C)c(Cl)c1CC1(C)CCC(Br)C1. The molecule has 1 heterocycles. The van der Waals surface area contributed by atoms with Gasteiger partial charge in [-0.15, -0.1) is 0 Å². The Morgan fingerprint density at radius 2 is 2.31 bits per heavy atom. The van der Waals surface area contributed by atoms with Gasteiger partial charge in [-0.1, -0.05) is 34.5 Å². The van der Waals surface area contributed by atoms with Crippen LogP contribution < -0.4 is 0 Å². The van der Waals surface area contributed by atoms with E-state index in [-0.39, 0.29) is 0 Å². The molecule has 0 radical (unpaired) electrons. The molecular weight excluding hydrogens is 288 g/mol. The topological polar surface area (TPSA) is 17.8 Å². The van der Waals surface area contributed by atoms with Crippen LogP contribution >= 0.6 is 27.5 Å². The van der Waals surface area contributed by atoms with Crippen LogP contribution in [0.15, 0.2) is 0 Å². The van der Waals surface area contributed by atoms with Gasteiger partial charge in [-0.3, -0.25) is 4.68 Å². The molecule has 1 aromatic rings. The van der Waals surface area contributed by atoms with Gasteiger partial charge in [0.15, 0.2) is 0 Å². The summed E-state index contributed by atoms with van der Waals surface area (Å²) >= 11 is 10.00. The summed E-state index contributed by atoms with van der Waals surface area (Å²) in [6, 6.07) is 0. The fraction of sp³-hybridized carbons (Fsp3) is 0.750. The van der Waals surface area contributed by atoms with Gasteiger partial charge in [0.2, 0.25) is 0 Å². The van der Waals surface area contributed by atoms with Crippen LogP contribution in [0.2, 0.25) is 5.15 Å². The van der Waals surface area contributed by atoms with Gasteiger partial charge in [0, 0.05) is 17.4 Å². The third-order valence-electron chi connectivity index (χ3n) is 3.65. The van der Waals surface area contributed by atoms with Gasteiger partial charge in [0.1, 0.15) is 5.15 Å². The van der Waals surface area contributed by atoms with E-state index in [1.54, 1.807) is 4.68 Å². The number of nitrogens with zero attached hydrogens (tertiary/aromatic N) is 2. The Labute approximate surface area is 110 Å². The highest BCUT2D eigenvalue weighted by atomic mass is 79.9. The van der Waals surface area contributed by atoms with Crippen LogP contribution in [0.4, 0.5) is 0 Å². The molecule has 0 amide bonds. The van der Waals surface area contributed by atoms with Crippen molar-refractivity contribution in [3.8, 4) is 0 Å². The average molecular weight is 306 g/mol. The van der Waals surface area contributed by atoms with Gasteiger partial charge in [-0.25, -0.2) is 0 Å². The van der Waals surface area contributed by atoms with E-state index in [0.29, 0.717) is 10.2 Å². The molecule has 16 heavy (non-hydrogen) atoms. The lowest BCUT2D eigenvalue weighted by Gasteiger charge is -2.23. The molecule has 0 saturated heterocycles. The van der Waals surface area contributed by atoms with Crippen LogP contribution in [-0.4, -0.2) is 14.6 Å². The standard InChI is InChI=1S/C12H18BrClN2/c1-8-10(11(14)16(3)15-8)7-12(2)5-4-9(13)6-12/h9H,4-7H2,1-3H3. The van der Waals surface area contributed by atoms with E-state index in [0.717, 1.165) is 17.3 Å². The first kappa shape index (κ1) is 12.4. The summed E-state index contributed by atoms with van der Waals surface area (Å²) in [5.41, 5.74) is 2.69. The lowest BCUT2D eigenvalue weighted by atomic mass is 9.82. The van der Waals surface area contributed by atoms with Crippen molar-refractivity contribution in [1.29, 1.82) is 0 Å². The van der Waals surface area contributed by atoms with Gasteiger partial charge in [0.25, 0.3) is 0 Å². The smallest absolute Gasteiger partial charge is 0.130 e. The molecule has 90 valence electrons. The second-order valence-corrected chi connectivity index (χ2v) is 6.96. The summed E-state index contributed by atoms with van der Waals surface area (Å²) in [4.78, 5) is 0.674. The van der Waals surface area contributed by atoms with Crippen LogP contribution in [0.25, 0.3) is 0 Å². The molecule has 0 aromatic carbocycles. The molecule has 0 N–H and O–H groups in total. The summed E-state index contributed by atoms with van der Waals surface area (Å²) < 4.78 is 1.77. The van der Waals surface area contributed by atoms with E-state index >= 15 is 0 Å². The van der Waals surface area contributed by atoms with E-state index in [1.807, 2.05) is 14.0 Å². The van der Waals surface area contributed by atoms with Crippen molar-refractivity contribution >= 4 is 27.5 Å². The number of hydrogen-bond donors (Lipinski definition) is 0. The van der Waals surface area contributed by atoms with Crippen molar-refractivity contribution in [2.24, 2.45) is 12.5 Å². The molecule has 0 aliphatic heterocycles. The molecule has 4 heteroatoms. The van der Waals surface area contributed by atoms with Crippen LogP contribution in [0.3, 0.4) is 0 Å². The molecule has 2 nitrogen and oxygen atoms in total. The van der Waals surface area contributed by atoms with Gasteiger partial charge in [-0.05, 0) is 38.0 Å². The maximum absolute atomic E-state index is 6.28. The number of aromatic nitrogens is 2. The summed E-state index contributed by atoms with van der Waals surface area (Å²) in [5.74, 6) is 0. The molecule has 1 aliphatic rings. The van der Waals surface area contributed by atoms with Gasteiger partial charge < -0.3 is 0 Å². The molecular formula is C12H18BrClN2. The average Bonchev–Trinajstić information content (AvgIpc) is 2.63. The Morgan fingerprint density at radius 1 is 1.62 bits per heavy atom. The third-order valence-corrected chi connectivity index (χ3v) is 4.90.